The zero-order valence-corrected chi connectivity index (χ0v) is 9.07. The molecule has 1 aromatic heterocycles. The Hall–Kier alpha value is -1.32. The lowest BCUT2D eigenvalue weighted by atomic mass is 10.1. The number of nitrogens with zero attached hydrogens (tertiary/aromatic N) is 1. The fourth-order valence-electron chi connectivity index (χ4n) is 1.50. The Morgan fingerprint density at radius 3 is 2.60 bits per heavy atom. The van der Waals surface area contributed by atoms with Gasteiger partial charge < -0.3 is 4.42 Å². The summed E-state index contributed by atoms with van der Waals surface area (Å²) >= 11 is 0. The largest absolute Gasteiger partial charge is 0.433 e. The molecule has 0 radical (unpaired) electrons. The standard InChI is InChI=1S/C11H17NO3/c1-2-3-4-5-6-7-10-8-9-11(15-10)12(13)14/h8-9H,2-7H2,1H3. The Morgan fingerprint density at radius 1 is 1.27 bits per heavy atom. The second-order valence-corrected chi connectivity index (χ2v) is 3.66. The van der Waals surface area contributed by atoms with Gasteiger partial charge in [0.2, 0.25) is 0 Å². The maximum Gasteiger partial charge on any atom is 0.433 e. The van der Waals surface area contributed by atoms with Crippen molar-refractivity contribution in [2.45, 2.75) is 45.4 Å². The molecule has 0 N–H and O–H groups in total. The summed E-state index contributed by atoms with van der Waals surface area (Å²) in [5.74, 6) is 0.566. The monoisotopic (exact) mass is 211 g/mol. The third kappa shape index (κ3) is 4.14. The molecule has 4 heteroatoms. The molecule has 0 aliphatic rings. The van der Waals surface area contributed by atoms with E-state index in [1.165, 1.54) is 31.7 Å². The van der Waals surface area contributed by atoms with Crippen molar-refractivity contribution in [1.29, 1.82) is 0 Å². The van der Waals surface area contributed by atoms with Crippen LogP contribution in [-0.4, -0.2) is 4.92 Å². The summed E-state index contributed by atoms with van der Waals surface area (Å²) in [5.41, 5.74) is 0. The smallest absolute Gasteiger partial charge is 0.406 e. The van der Waals surface area contributed by atoms with Crippen molar-refractivity contribution in [2.75, 3.05) is 0 Å². The van der Waals surface area contributed by atoms with E-state index < -0.39 is 4.92 Å². The van der Waals surface area contributed by atoms with E-state index >= 15 is 0 Å². The van der Waals surface area contributed by atoms with Crippen LogP contribution in [0.4, 0.5) is 5.88 Å². The van der Waals surface area contributed by atoms with E-state index in [0.29, 0.717) is 0 Å². The zero-order chi connectivity index (χ0) is 11.1. The Labute approximate surface area is 89.4 Å². The maximum atomic E-state index is 10.3. The van der Waals surface area contributed by atoms with Crippen LogP contribution >= 0.6 is 0 Å². The first kappa shape index (κ1) is 11.8. The number of rotatable bonds is 7. The molecule has 1 rings (SSSR count). The molecule has 0 atom stereocenters. The van der Waals surface area contributed by atoms with Crippen LogP contribution in [0.2, 0.25) is 0 Å². The second kappa shape index (κ2) is 6.22. The normalized spacial score (nSPS) is 10.5. The van der Waals surface area contributed by atoms with Crippen molar-refractivity contribution in [1.82, 2.24) is 0 Å². The Kier molecular flexibility index (Phi) is 4.87. The van der Waals surface area contributed by atoms with Gasteiger partial charge in [-0.3, -0.25) is 10.1 Å². The minimum absolute atomic E-state index is 0.154. The third-order valence-electron chi connectivity index (χ3n) is 2.35. The average Bonchev–Trinajstić information content (AvgIpc) is 2.66. The van der Waals surface area contributed by atoms with Crippen molar-refractivity contribution in [2.24, 2.45) is 0 Å². The van der Waals surface area contributed by atoms with Gasteiger partial charge in [-0.05, 0) is 12.5 Å². The van der Waals surface area contributed by atoms with Crippen LogP contribution < -0.4 is 0 Å². The maximum absolute atomic E-state index is 10.3. The molecule has 0 aliphatic carbocycles. The second-order valence-electron chi connectivity index (χ2n) is 3.66. The van der Waals surface area contributed by atoms with Gasteiger partial charge in [0.15, 0.2) is 0 Å². The van der Waals surface area contributed by atoms with E-state index in [1.807, 2.05) is 0 Å². The van der Waals surface area contributed by atoms with Crippen LogP contribution in [-0.2, 0) is 6.42 Å². The van der Waals surface area contributed by atoms with Gasteiger partial charge >= 0.3 is 5.88 Å². The van der Waals surface area contributed by atoms with Crippen molar-refractivity contribution in [3.05, 3.63) is 28.0 Å². The molecular formula is C11H17NO3. The molecule has 0 aliphatic heterocycles. The molecule has 4 nitrogen and oxygen atoms in total. The summed E-state index contributed by atoms with van der Waals surface area (Å²) in [6, 6.07) is 3.11. The van der Waals surface area contributed by atoms with Crippen molar-refractivity contribution < 1.29 is 9.34 Å². The Bertz CT molecular complexity index is 307. The summed E-state index contributed by atoms with van der Waals surface area (Å²) in [4.78, 5) is 9.84. The van der Waals surface area contributed by atoms with Gasteiger partial charge in [0.05, 0.1) is 6.07 Å². The molecule has 1 aromatic rings. The van der Waals surface area contributed by atoms with Crippen molar-refractivity contribution in [3.63, 3.8) is 0 Å². The van der Waals surface area contributed by atoms with Gasteiger partial charge in [-0.2, -0.15) is 0 Å². The molecule has 0 saturated carbocycles. The summed E-state index contributed by atoms with van der Waals surface area (Å²) in [6.45, 7) is 2.18. The quantitative estimate of drug-likeness (QED) is 0.392. The number of hydrogen-bond acceptors (Lipinski definition) is 3. The summed E-state index contributed by atoms with van der Waals surface area (Å²) in [5, 5.41) is 10.3. The van der Waals surface area contributed by atoms with Gasteiger partial charge in [-0.25, -0.2) is 0 Å². The number of unbranched alkanes of at least 4 members (excludes halogenated alkanes) is 4. The van der Waals surface area contributed by atoms with Crippen LogP contribution in [0.5, 0.6) is 0 Å². The fourth-order valence-corrected chi connectivity index (χ4v) is 1.50. The number of aryl methyl sites for hydroxylation is 1. The van der Waals surface area contributed by atoms with Gasteiger partial charge in [0.25, 0.3) is 0 Å². The van der Waals surface area contributed by atoms with Crippen LogP contribution in [0, 0.1) is 10.1 Å². The van der Waals surface area contributed by atoms with Gasteiger partial charge in [0.1, 0.15) is 10.7 Å². The van der Waals surface area contributed by atoms with Crippen LogP contribution in [0.3, 0.4) is 0 Å². The predicted octanol–water partition coefficient (Wildman–Crippen LogP) is 3.70. The predicted molar refractivity (Wildman–Crippen MR) is 57.8 cm³/mol. The van der Waals surface area contributed by atoms with Crippen LogP contribution in [0.1, 0.15) is 44.8 Å². The first-order chi connectivity index (χ1) is 7.24. The minimum Gasteiger partial charge on any atom is -0.406 e. The number of furan rings is 1. The number of nitro groups is 1. The van der Waals surface area contributed by atoms with E-state index in [-0.39, 0.29) is 5.88 Å². The van der Waals surface area contributed by atoms with E-state index in [1.54, 1.807) is 6.07 Å². The molecule has 0 spiro atoms. The molecule has 0 saturated heterocycles. The molecule has 15 heavy (non-hydrogen) atoms. The Balaban J connectivity index is 2.23. The fraction of sp³-hybridized carbons (Fsp3) is 0.636. The van der Waals surface area contributed by atoms with Gasteiger partial charge in [-0.15, -0.1) is 0 Å². The van der Waals surface area contributed by atoms with E-state index in [9.17, 15) is 10.1 Å². The molecule has 0 unspecified atom stereocenters. The topological polar surface area (TPSA) is 56.3 Å². The first-order valence-electron chi connectivity index (χ1n) is 5.47. The highest BCUT2D eigenvalue weighted by molar-refractivity contribution is 5.17. The highest BCUT2D eigenvalue weighted by atomic mass is 16.6. The molecule has 0 amide bonds. The van der Waals surface area contributed by atoms with Gasteiger partial charge in [0, 0.05) is 6.42 Å². The third-order valence-corrected chi connectivity index (χ3v) is 2.35. The average molecular weight is 211 g/mol. The SMILES string of the molecule is CCCCCCCc1ccc([N+](=O)[O-])o1. The lowest BCUT2D eigenvalue weighted by Crippen LogP contribution is -1.85. The molecule has 84 valence electrons. The summed E-state index contributed by atoms with van der Waals surface area (Å²) < 4.78 is 5.05. The molecule has 0 fully saturated rings. The summed E-state index contributed by atoms with van der Waals surface area (Å²) in [7, 11) is 0. The van der Waals surface area contributed by atoms with Crippen LogP contribution in [0.25, 0.3) is 0 Å². The first-order valence-corrected chi connectivity index (χ1v) is 5.47. The minimum atomic E-state index is -0.499. The van der Waals surface area contributed by atoms with Gasteiger partial charge in [-0.1, -0.05) is 32.6 Å². The van der Waals surface area contributed by atoms with Crippen molar-refractivity contribution in [3.8, 4) is 0 Å². The zero-order valence-electron chi connectivity index (χ0n) is 9.07. The molecule has 1 heterocycles. The lowest BCUT2D eigenvalue weighted by molar-refractivity contribution is -0.402. The highest BCUT2D eigenvalue weighted by Gasteiger charge is 2.10. The van der Waals surface area contributed by atoms with Crippen molar-refractivity contribution >= 4 is 5.88 Å². The van der Waals surface area contributed by atoms with E-state index in [0.717, 1.165) is 18.6 Å². The van der Waals surface area contributed by atoms with E-state index in [2.05, 4.69) is 6.92 Å². The van der Waals surface area contributed by atoms with E-state index in [4.69, 9.17) is 4.42 Å². The lowest BCUT2D eigenvalue weighted by Gasteiger charge is -1.97. The highest BCUT2D eigenvalue weighted by Crippen LogP contribution is 2.17. The van der Waals surface area contributed by atoms with Crippen LogP contribution in [0.15, 0.2) is 16.5 Å². The molecule has 0 bridgehead atoms. The Morgan fingerprint density at radius 2 is 2.00 bits per heavy atom. The molecular weight excluding hydrogens is 194 g/mol. The number of hydrogen-bond donors (Lipinski definition) is 0. The summed E-state index contributed by atoms with van der Waals surface area (Å²) in [6.07, 6.45) is 6.74. The molecule has 0 aromatic carbocycles.